The smallest absolute Gasteiger partial charge is 0.311 e. The van der Waals surface area contributed by atoms with Crippen LogP contribution in [0.3, 0.4) is 0 Å². The zero-order valence-electron chi connectivity index (χ0n) is 20.5. The van der Waals surface area contributed by atoms with E-state index in [1.165, 1.54) is 0 Å². The average Bonchev–Trinajstić information content (AvgIpc) is 2.88. The van der Waals surface area contributed by atoms with Gasteiger partial charge in [0.05, 0.1) is 38.4 Å². The molecule has 1 fully saturated rings. The molecule has 0 aromatic heterocycles. The normalized spacial score (nSPS) is 23.5. The minimum Gasteiger partial charge on any atom is -0.465 e. The van der Waals surface area contributed by atoms with Gasteiger partial charge in [-0.2, -0.15) is 0 Å². The number of esters is 1. The van der Waals surface area contributed by atoms with Gasteiger partial charge in [-0.25, -0.2) is 0 Å². The summed E-state index contributed by atoms with van der Waals surface area (Å²) >= 11 is 0. The maximum atomic E-state index is 11.9. The Morgan fingerprint density at radius 2 is 1.61 bits per heavy atom. The van der Waals surface area contributed by atoms with Crippen molar-refractivity contribution in [3.63, 3.8) is 0 Å². The molecule has 0 aliphatic carbocycles. The van der Waals surface area contributed by atoms with Gasteiger partial charge in [-0.1, -0.05) is 73.7 Å². The molecule has 0 spiro atoms. The molecule has 2 aliphatic rings. The summed E-state index contributed by atoms with van der Waals surface area (Å²) in [6.07, 6.45) is 1.01. The SMILES string of the molecule is CC1CC(=O)Oc2cc(OC3CC(OCc4ccccc4)CC(COCc4ccccc4)O3)ccc21. The van der Waals surface area contributed by atoms with Gasteiger partial charge in [0.15, 0.2) is 0 Å². The lowest BCUT2D eigenvalue weighted by Gasteiger charge is -2.35. The highest BCUT2D eigenvalue weighted by atomic mass is 16.7. The van der Waals surface area contributed by atoms with Gasteiger partial charge in [0, 0.05) is 18.9 Å². The van der Waals surface area contributed by atoms with E-state index in [1.54, 1.807) is 6.07 Å². The van der Waals surface area contributed by atoms with Crippen LogP contribution >= 0.6 is 0 Å². The van der Waals surface area contributed by atoms with Crippen molar-refractivity contribution in [1.29, 1.82) is 0 Å². The first-order valence-electron chi connectivity index (χ1n) is 12.6. The summed E-state index contributed by atoms with van der Waals surface area (Å²) in [6, 6.07) is 25.9. The van der Waals surface area contributed by atoms with Crippen molar-refractivity contribution in [2.24, 2.45) is 0 Å². The molecule has 0 radical (unpaired) electrons. The van der Waals surface area contributed by atoms with E-state index in [9.17, 15) is 4.79 Å². The minimum absolute atomic E-state index is 0.0373. The molecule has 0 amide bonds. The maximum Gasteiger partial charge on any atom is 0.311 e. The van der Waals surface area contributed by atoms with Crippen LogP contribution in [0.1, 0.15) is 48.8 Å². The summed E-state index contributed by atoms with van der Waals surface area (Å²) in [5.74, 6) is 1.08. The number of carbonyl (C=O) groups excluding carboxylic acids is 1. The molecule has 2 aliphatic heterocycles. The minimum atomic E-state index is -0.500. The first-order chi connectivity index (χ1) is 17.6. The quantitative estimate of drug-likeness (QED) is 0.281. The Morgan fingerprint density at radius 3 is 2.36 bits per heavy atom. The molecule has 36 heavy (non-hydrogen) atoms. The largest absolute Gasteiger partial charge is 0.465 e. The maximum absolute atomic E-state index is 11.9. The zero-order valence-corrected chi connectivity index (χ0v) is 20.5. The predicted molar refractivity (Wildman–Crippen MR) is 135 cm³/mol. The fourth-order valence-corrected chi connectivity index (χ4v) is 4.68. The standard InChI is InChI=1S/C30H32O6/c1-21-14-29(31)36-28-16-24(12-13-27(21)28)34-30-17-25(33-19-23-10-6-3-7-11-23)15-26(35-30)20-32-18-22-8-4-2-5-9-22/h2-13,16,21,25-26,30H,14-15,17-20H2,1H3. The molecule has 188 valence electrons. The average molecular weight is 489 g/mol. The third kappa shape index (κ3) is 6.52. The van der Waals surface area contributed by atoms with Gasteiger partial charge < -0.3 is 23.7 Å². The highest BCUT2D eigenvalue weighted by Crippen LogP contribution is 2.37. The molecule has 4 unspecified atom stereocenters. The molecule has 3 aromatic rings. The molecule has 6 heteroatoms. The molecule has 6 nitrogen and oxygen atoms in total. The van der Waals surface area contributed by atoms with Crippen LogP contribution < -0.4 is 9.47 Å². The van der Waals surface area contributed by atoms with E-state index < -0.39 is 6.29 Å². The van der Waals surface area contributed by atoms with Crippen LogP contribution in [0.2, 0.25) is 0 Å². The second kappa shape index (κ2) is 11.7. The van der Waals surface area contributed by atoms with E-state index in [-0.39, 0.29) is 24.1 Å². The molecule has 0 bridgehead atoms. The third-order valence-corrected chi connectivity index (χ3v) is 6.55. The van der Waals surface area contributed by atoms with Gasteiger partial charge in [0.1, 0.15) is 11.5 Å². The van der Waals surface area contributed by atoms with Gasteiger partial charge in [0.2, 0.25) is 6.29 Å². The van der Waals surface area contributed by atoms with E-state index in [0.717, 1.165) is 23.1 Å². The lowest BCUT2D eigenvalue weighted by Crippen LogP contribution is -2.41. The number of hydrogen-bond donors (Lipinski definition) is 0. The van der Waals surface area contributed by atoms with Crippen molar-refractivity contribution in [2.75, 3.05) is 6.61 Å². The van der Waals surface area contributed by atoms with Crippen molar-refractivity contribution < 1.29 is 28.5 Å². The lowest BCUT2D eigenvalue weighted by molar-refractivity contribution is -0.200. The number of carbonyl (C=O) groups is 1. The van der Waals surface area contributed by atoms with Crippen molar-refractivity contribution >= 4 is 5.97 Å². The molecular formula is C30H32O6. The molecule has 0 N–H and O–H groups in total. The summed E-state index contributed by atoms with van der Waals surface area (Å²) in [4.78, 5) is 11.9. The zero-order chi connectivity index (χ0) is 24.7. The van der Waals surface area contributed by atoms with Crippen LogP contribution in [-0.2, 0) is 32.2 Å². The van der Waals surface area contributed by atoms with Crippen molar-refractivity contribution in [3.05, 3.63) is 95.6 Å². The van der Waals surface area contributed by atoms with Crippen LogP contribution in [0.25, 0.3) is 0 Å². The molecular weight excluding hydrogens is 456 g/mol. The fraction of sp³-hybridized carbons (Fsp3) is 0.367. The Bertz CT molecular complexity index is 1130. The van der Waals surface area contributed by atoms with E-state index in [4.69, 9.17) is 23.7 Å². The second-order valence-corrected chi connectivity index (χ2v) is 9.48. The Kier molecular flexibility index (Phi) is 7.96. The Labute approximate surface area is 212 Å². The first-order valence-corrected chi connectivity index (χ1v) is 12.6. The molecule has 0 saturated carbocycles. The van der Waals surface area contributed by atoms with Crippen molar-refractivity contribution in [1.82, 2.24) is 0 Å². The van der Waals surface area contributed by atoms with Crippen LogP contribution in [0.5, 0.6) is 11.5 Å². The molecule has 2 heterocycles. The first kappa shape index (κ1) is 24.5. The van der Waals surface area contributed by atoms with Crippen molar-refractivity contribution in [3.8, 4) is 11.5 Å². The molecule has 4 atom stereocenters. The number of benzene rings is 3. The molecule has 5 rings (SSSR count). The van der Waals surface area contributed by atoms with Crippen LogP contribution in [0.15, 0.2) is 78.9 Å². The van der Waals surface area contributed by atoms with Crippen LogP contribution in [0, 0.1) is 0 Å². The van der Waals surface area contributed by atoms with E-state index in [0.29, 0.717) is 44.2 Å². The summed E-state index contributed by atoms with van der Waals surface area (Å²) in [5, 5.41) is 0. The Balaban J connectivity index is 1.24. The fourth-order valence-electron chi connectivity index (χ4n) is 4.68. The number of hydrogen-bond acceptors (Lipinski definition) is 6. The van der Waals surface area contributed by atoms with Gasteiger partial charge in [-0.3, -0.25) is 4.79 Å². The Hall–Kier alpha value is -3.19. The molecule has 3 aromatic carbocycles. The number of fused-ring (bicyclic) bond motifs is 1. The van der Waals surface area contributed by atoms with Gasteiger partial charge in [-0.15, -0.1) is 0 Å². The lowest BCUT2D eigenvalue weighted by atomic mass is 9.95. The molecule has 1 saturated heterocycles. The van der Waals surface area contributed by atoms with Crippen molar-refractivity contribution in [2.45, 2.75) is 63.8 Å². The van der Waals surface area contributed by atoms with E-state index in [2.05, 4.69) is 12.1 Å². The predicted octanol–water partition coefficient (Wildman–Crippen LogP) is 5.79. The van der Waals surface area contributed by atoms with E-state index >= 15 is 0 Å². The van der Waals surface area contributed by atoms with Gasteiger partial charge in [-0.05, 0) is 28.7 Å². The monoisotopic (exact) mass is 488 g/mol. The van der Waals surface area contributed by atoms with Gasteiger partial charge in [0.25, 0.3) is 0 Å². The number of ether oxygens (including phenoxy) is 5. The van der Waals surface area contributed by atoms with Gasteiger partial charge >= 0.3 is 5.97 Å². The second-order valence-electron chi connectivity index (χ2n) is 9.48. The third-order valence-electron chi connectivity index (χ3n) is 6.55. The highest BCUT2D eigenvalue weighted by Gasteiger charge is 2.32. The van der Waals surface area contributed by atoms with E-state index in [1.807, 2.05) is 67.6 Å². The topological polar surface area (TPSA) is 63.2 Å². The van der Waals surface area contributed by atoms with Crippen LogP contribution in [-0.4, -0.2) is 31.1 Å². The Morgan fingerprint density at radius 1 is 0.889 bits per heavy atom. The highest BCUT2D eigenvalue weighted by molar-refractivity contribution is 5.76. The summed E-state index contributed by atoms with van der Waals surface area (Å²) in [5.41, 5.74) is 3.27. The summed E-state index contributed by atoms with van der Waals surface area (Å²) in [6.45, 7) is 3.52. The summed E-state index contributed by atoms with van der Waals surface area (Å²) < 4.78 is 30.2. The number of rotatable bonds is 9. The summed E-state index contributed by atoms with van der Waals surface area (Å²) in [7, 11) is 0. The van der Waals surface area contributed by atoms with Crippen LogP contribution in [0.4, 0.5) is 0 Å².